The highest BCUT2D eigenvalue weighted by Crippen LogP contribution is 2.35. The summed E-state index contributed by atoms with van der Waals surface area (Å²) in [7, 11) is -3.81. The molecule has 1 heterocycles. The molecule has 1 amide bonds. The number of nitrogens with one attached hydrogen (secondary N) is 1. The number of rotatable bonds is 4. The average molecular weight is 430 g/mol. The third-order valence-electron chi connectivity index (χ3n) is 2.37. The van der Waals surface area contributed by atoms with Crippen molar-refractivity contribution in [2.75, 3.05) is 4.72 Å². The van der Waals surface area contributed by atoms with Gasteiger partial charge in [-0.05, 0) is 40.2 Å². The second kappa shape index (κ2) is 6.13. The van der Waals surface area contributed by atoms with E-state index in [1.165, 1.54) is 24.3 Å². The molecular formula is C11H7BrCl2N2O3S2. The van der Waals surface area contributed by atoms with Gasteiger partial charge >= 0.3 is 0 Å². The molecule has 0 bridgehead atoms. The number of amides is 1. The monoisotopic (exact) mass is 428 g/mol. The fourth-order valence-electron chi connectivity index (χ4n) is 1.44. The van der Waals surface area contributed by atoms with Gasteiger partial charge in [0.15, 0.2) is 0 Å². The maximum atomic E-state index is 12.2. The Morgan fingerprint density at radius 3 is 2.43 bits per heavy atom. The average Bonchev–Trinajstić information content (AvgIpc) is 2.72. The van der Waals surface area contributed by atoms with Gasteiger partial charge in [0.1, 0.15) is 4.21 Å². The minimum atomic E-state index is -3.81. The van der Waals surface area contributed by atoms with Crippen LogP contribution in [0.4, 0.5) is 5.69 Å². The lowest BCUT2D eigenvalue weighted by Crippen LogP contribution is -2.14. The number of primary amides is 1. The van der Waals surface area contributed by atoms with E-state index in [2.05, 4.69) is 20.7 Å². The summed E-state index contributed by atoms with van der Waals surface area (Å²) < 4.78 is 27.3. The van der Waals surface area contributed by atoms with E-state index in [0.29, 0.717) is 8.81 Å². The Hall–Kier alpha value is -0.800. The van der Waals surface area contributed by atoms with Gasteiger partial charge in [0.05, 0.1) is 19.4 Å². The van der Waals surface area contributed by atoms with E-state index in [9.17, 15) is 13.2 Å². The van der Waals surface area contributed by atoms with Gasteiger partial charge in [-0.25, -0.2) is 8.42 Å². The first kappa shape index (κ1) is 16.6. The van der Waals surface area contributed by atoms with Gasteiger partial charge in [-0.15, -0.1) is 11.3 Å². The molecule has 0 saturated heterocycles. The zero-order chi connectivity index (χ0) is 15.8. The van der Waals surface area contributed by atoms with Crippen molar-refractivity contribution >= 4 is 72.1 Å². The zero-order valence-corrected chi connectivity index (χ0v) is 14.8. The van der Waals surface area contributed by atoms with Crippen LogP contribution in [0.3, 0.4) is 0 Å². The molecule has 1 aromatic heterocycles. The summed E-state index contributed by atoms with van der Waals surface area (Å²) in [5, 5.41) is 0.446. The number of sulfonamides is 1. The van der Waals surface area contributed by atoms with Crippen molar-refractivity contribution in [2.45, 2.75) is 4.21 Å². The lowest BCUT2D eigenvalue weighted by molar-refractivity contribution is 0.100. The fraction of sp³-hybridized carbons (Fsp3) is 0. The number of nitrogens with two attached hydrogens (primary N) is 1. The van der Waals surface area contributed by atoms with Gasteiger partial charge in [0, 0.05) is 5.69 Å². The molecule has 0 aliphatic heterocycles. The van der Waals surface area contributed by atoms with E-state index in [0.717, 1.165) is 11.3 Å². The molecule has 0 spiro atoms. The lowest BCUT2D eigenvalue weighted by Gasteiger charge is -2.08. The van der Waals surface area contributed by atoms with Crippen molar-refractivity contribution in [2.24, 2.45) is 5.73 Å². The summed E-state index contributed by atoms with van der Waals surface area (Å²) in [6.07, 6.45) is 0. The first-order valence-electron chi connectivity index (χ1n) is 5.27. The number of hydrogen-bond acceptors (Lipinski definition) is 4. The molecule has 2 rings (SSSR count). The topological polar surface area (TPSA) is 89.3 Å². The molecule has 0 aliphatic carbocycles. The van der Waals surface area contributed by atoms with Crippen LogP contribution in [0.5, 0.6) is 0 Å². The Bertz CT molecular complexity index is 801. The highest BCUT2D eigenvalue weighted by Gasteiger charge is 2.20. The van der Waals surface area contributed by atoms with Crippen LogP contribution in [-0.4, -0.2) is 14.3 Å². The van der Waals surface area contributed by atoms with Crippen LogP contribution in [-0.2, 0) is 10.0 Å². The molecule has 0 unspecified atom stereocenters. The van der Waals surface area contributed by atoms with Crippen LogP contribution in [0, 0.1) is 0 Å². The molecule has 0 aliphatic rings. The minimum absolute atomic E-state index is 0.0299. The highest BCUT2D eigenvalue weighted by atomic mass is 79.9. The third-order valence-corrected chi connectivity index (χ3v) is 7.03. The number of thiophene rings is 1. The summed E-state index contributed by atoms with van der Waals surface area (Å²) in [5.74, 6) is -0.747. The molecular weight excluding hydrogens is 423 g/mol. The van der Waals surface area contributed by atoms with Gasteiger partial charge < -0.3 is 5.73 Å². The predicted molar refractivity (Wildman–Crippen MR) is 87.8 cm³/mol. The highest BCUT2D eigenvalue weighted by molar-refractivity contribution is 9.11. The van der Waals surface area contributed by atoms with Crippen molar-refractivity contribution in [3.05, 3.63) is 43.7 Å². The molecule has 21 heavy (non-hydrogen) atoms. The number of benzene rings is 1. The zero-order valence-electron chi connectivity index (χ0n) is 10.1. The van der Waals surface area contributed by atoms with Crippen LogP contribution < -0.4 is 10.5 Å². The molecule has 5 nitrogen and oxygen atoms in total. The largest absolute Gasteiger partial charge is 0.366 e. The Labute approximate surface area is 143 Å². The molecule has 3 N–H and O–H groups in total. The third kappa shape index (κ3) is 3.70. The van der Waals surface area contributed by atoms with Gasteiger partial charge in [-0.1, -0.05) is 23.2 Å². The summed E-state index contributed by atoms with van der Waals surface area (Å²) in [6, 6.07) is 5.41. The van der Waals surface area contributed by atoms with E-state index >= 15 is 0 Å². The Balaban J connectivity index is 2.37. The normalized spacial score (nSPS) is 11.4. The minimum Gasteiger partial charge on any atom is -0.366 e. The smallest absolute Gasteiger partial charge is 0.271 e. The molecule has 0 atom stereocenters. The molecule has 1 aromatic carbocycles. The van der Waals surface area contributed by atoms with E-state index in [-0.39, 0.29) is 20.5 Å². The van der Waals surface area contributed by atoms with Crippen LogP contribution >= 0.6 is 50.5 Å². The number of carbonyl (C=O) groups is 1. The van der Waals surface area contributed by atoms with Crippen molar-refractivity contribution < 1.29 is 13.2 Å². The number of halogens is 3. The Kier molecular flexibility index (Phi) is 4.84. The maximum Gasteiger partial charge on any atom is 0.271 e. The van der Waals surface area contributed by atoms with Gasteiger partial charge in [0.25, 0.3) is 10.0 Å². The van der Waals surface area contributed by atoms with E-state index in [4.69, 9.17) is 28.9 Å². The van der Waals surface area contributed by atoms with Crippen LogP contribution in [0.2, 0.25) is 10.0 Å². The second-order valence-electron chi connectivity index (χ2n) is 3.85. The van der Waals surface area contributed by atoms with E-state index < -0.39 is 15.9 Å². The molecule has 2 aromatic rings. The molecule has 0 saturated carbocycles. The lowest BCUT2D eigenvalue weighted by atomic mass is 10.2. The van der Waals surface area contributed by atoms with Crippen molar-refractivity contribution in [1.29, 1.82) is 0 Å². The first-order valence-corrected chi connectivity index (χ1v) is 9.12. The number of hydrogen-bond donors (Lipinski definition) is 2. The van der Waals surface area contributed by atoms with Crippen LogP contribution in [0.25, 0.3) is 0 Å². The fourth-order valence-corrected chi connectivity index (χ4v) is 5.10. The van der Waals surface area contributed by atoms with E-state index in [1.807, 2.05) is 0 Å². The van der Waals surface area contributed by atoms with Gasteiger partial charge in [-0.3, -0.25) is 9.52 Å². The molecule has 10 heteroatoms. The van der Waals surface area contributed by atoms with Crippen LogP contribution in [0.1, 0.15) is 10.4 Å². The SMILES string of the molecule is NC(=O)c1cc(NS(=O)(=O)c2cc(Cl)c(Br)s2)ccc1Cl. The molecule has 0 radical (unpaired) electrons. The Morgan fingerprint density at radius 2 is 1.90 bits per heavy atom. The van der Waals surface area contributed by atoms with Gasteiger partial charge in [0.2, 0.25) is 5.91 Å². The van der Waals surface area contributed by atoms with Crippen molar-refractivity contribution in [3.8, 4) is 0 Å². The van der Waals surface area contributed by atoms with Gasteiger partial charge in [-0.2, -0.15) is 0 Å². The second-order valence-corrected chi connectivity index (χ2v) is 8.95. The van der Waals surface area contributed by atoms with Crippen LogP contribution in [0.15, 0.2) is 32.3 Å². The summed E-state index contributed by atoms with van der Waals surface area (Å²) >= 11 is 15.7. The first-order chi connectivity index (χ1) is 9.70. The molecule has 0 fully saturated rings. The number of carbonyl (C=O) groups excluding carboxylic acids is 1. The Morgan fingerprint density at radius 1 is 1.24 bits per heavy atom. The predicted octanol–water partition coefficient (Wildman–Crippen LogP) is 3.72. The molecule has 112 valence electrons. The maximum absolute atomic E-state index is 12.2. The van der Waals surface area contributed by atoms with Crippen molar-refractivity contribution in [3.63, 3.8) is 0 Å². The summed E-state index contributed by atoms with van der Waals surface area (Å²) in [4.78, 5) is 11.2. The quantitative estimate of drug-likeness (QED) is 0.775. The van der Waals surface area contributed by atoms with E-state index in [1.54, 1.807) is 0 Å². The number of anilines is 1. The summed E-state index contributed by atoms with van der Waals surface area (Å²) in [5.41, 5.74) is 5.36. The van der Waals surface area contributed by atoms with Crippen molar-refractivity contribution in [1.82, 2.24) is 0 Å². The summed E-state index contributed by atoms with van der Waals surface area (Å²) in [6.45, 7) is 0. The standard InChI is InChI=1S/C11H7BrCl2N2O3S2/c12-10-8(14)4-9(20-10)21(18,19)16-5-1-2-7(13)6(3-5)11(15)17/h1-4,16H,(H2,15,17).